The van der Waals surface area contributed by atoms with Crippen molar-refractivity contribution in [2.45, 2.75) is 44.7 Å². The summed E-state index contributed by atoms with van der Waals surface area (Å²) in [6.07, 6.45) is 4.19. The van der Waals surface area contributed by atoms with E-state index in [0.717, 1.165) is 31.5 Å². The number of phenolic OH excluding ortho intramolecular Hbond substituents is 1. The fourth-order valence-corrected chi connectivity index (χ4v) is 6.77. The third-order valence-electron chi connectivity index (χ3n) is 8.36. The smallest absolute Gasteiger partial charge is 0.255 e. The van der Waals surface area contributed by atoms with E-state index in [4.69, 9.17) is 5.73 Å². The van der Waals surface area contributed by atoms with Gasteiger partial charge in [-0.2, -0.15) is 0 Å². The molecule has 1 aromatic carbocycles. The van der Waals surface area contributed by atoms with Crippen molar-refractivity contribution in [3.63, 3.8) is 0 Å². The molecular weight excluding hydrogens is 462 g/mol. The first-order valence-corrected chi connectivity index (χ1v) is 12.6. The maximum atomic E-state index is 13.8. The lowest BCUT2D eigenvalue weighted by Gasteiger charge is -2.46. The minimum absolute atomic E-state index is 0.0343. The second-order valence-corrected chi connectivity index (χ2v) is 10.7. The number of hydrogen-bond acceptors (Lipinski definition) is 8. The first-order valence-electron chi connectivity index (χ1n) is 12.6. The second-order valence-electron chi connectivity index (χ2n) is 10.7. The van der Waals surface area contributed by atoms with Crippen molar-refractivity contribution in [3.05, 3.63) is 45.7 Å². The number of aliphatic hydroxyl groups excluding tert-OH is 2. The van der Waals surface area contributed by atoms with Gasteiger partial charge in [-0.15, -0.1) is 0 Å². The van der Waals surface area contributed by atoms with Gasteiger partial charge in [0.1, 0.15) is 22.8 Å². The lowest BCUT2D eigenvalue weighted by molar-refractivity contribution is -0.136. The molecule has 5 N–H and O–H groups in total. The van der Waals surface area contributed by atoms with Gasteiger partial charge in [-0.1, -0.05) is 18.6 Å². The summed E-state index contributed by atoms with van der Waals surface area (Å²) in [5.74, 6) is -5.36. The Hall–Kier alpha value is -3.17. The van der Waals surface area contributed by atoms with Crippen LogP contribution in [0.1, 0.15) is 42.4 Å². The lowest BCUT2D eigenvalue weighted by atomic mass is 9.59. The average molecular weight is 496 g/mol. The average Bonchev–Trinajstić information content (AvgIpc) is 2.80. The van der Waals surface area contributed by atoms with Crippen molar-refractivity contribution >= 4 is 23.2 Å². The number of fused-ring (bicyclic) bond motifs is 3. The van der Waals surface area contributed by atoms with Crippen LogP contribution in [0.4, 0.5) is 0 Å². The highest BCUT2D eigenvalue weighted by Crippen LogP contribution is 2.50. The number of Topliss-reactive ketones (excluding diaryl/α,β-unsaturated/α-hetero) is 2. The molecule has 1 heterocycles. The van der Waals surface area contributed by atoms with E-state index in [1.54, 1.807) is 19.0 Å². The standard InChI is InChI=1S/C27H33N3O6/c1-29(2)21-16-11-15-10-13-6-7-14(12-30-8-4-3-5-9-30)22(31)17(13)23(32)18(15)24(33)19(16)25(34)20(26(21)35)27(28)36/h6-7,15-16,19,21,31-32,35H,3-5,8-12H2,1-2H3,(H2,28,36)/t15-,16+,19?,21-/m0/s1. The van der Waals surface area contributed by atoms with Gasteiger partial charge < -0.3 is 21.1 Å². The van der Waals surface area contributed by atoms with Gasteiger partial charge in [0.2, 0.25) is 0 Å². The van der Waals surface area contributed by atoms with Crippen LogP contribution < -0.4 is 5.73 Å². The normalized spacial score (nSPS) is 28.8. The van der Waals surface area contributed by atoms with E-state index in [0.29, 0.717) is 24.9 Å². The Morgan fingerprint density at radius 2 is 1.78 bits per heavy atom. The fraction of sp³-hybridized carbons (Fsp3) is 0.519. The van der Waals surface area contributed by atoms with Crippen molar-refractivity contribution in [3.8, 4) is 5.75 Å². The van der Waals surface area contributed by atoms with Gasteiger partial charge >= 0.3 is 0 Å². The van der Waals surface area contributed by atoms with Crippen molar-refractivity contribution in [1.82, 2.24) is 9.80 Å². The molecule has 0 radical (unpaired) electrons. The number of benzene rings is 1. The minimum Gasteiger partial charge on any atom is -0.510 e. The van der Waals surface area contributed by atoms with Crippen LogP contribution in [-0.4, -0.2) is 75.8 Å². The number of piperidine rings is 1. The number of ketones is 2. The molecule has 0 aromatic heterocycles. The van der Waals surface area contributed by atoms with Crippen molar-refractivity contribution in [2.24, 2.45) is 23.5 Å². The number of likely N-dealkylation sites (tertiary alicyclic amines) is 1. The van der Waals surface area contributed by atoms with Crippen LogP contribution in [0.25, 0.3) is 5.76 Å². The van der Waals surface area contributed by atoms with Crippen molar-refractivity contribution in [2.75, 3.05) is 27.2 Å². The number of amides is 1. The maximum absolute atomic E-state index is 13.8. The Kier molecular flexibility index (Phi) is 6.16. The lowest BCUT2D eigenvalue weighted by Crippen LogP contribution is -2.55. The van der Waals surface area contributed by atoms with Crippen molar-refractivity contribution < 1.29 is 29.7 Å². The molecule has 1 aliphatic heterocycles. The van der Waals surface area contributed by atoms with E-state index >= 15 is 0 Å². The molecule has 1 unspecified atom stereocenters. The van der Waals surface area contributed by atoms with Crippen molar-refractivity contribution in [1.29, 1.82) is 0 Å². The number of phenols is 1. The van der Waals surface area contributed by atoms with Crippen LogP contribution in [0.5, 0.6) is 5.75 Å². The maximum Gasteiger partial charge on any atom is 0.255 e. The Balaban J connectivity index is 1.56. The van der Waals surface area contributed by atoms with Crippen LogP contribution in [0.15, 0.2) is 29.0 Å². The van der Waals surface area contributed by atoms with Crippen LogP contribution in [-0.2, 0) is 27.3 Å². The molecule has 192 valence electrons. The Bertz CT molecular complexity index is 1210. The Morgan fingerprint density at radius 3 is 2.42 bits per heavy atom. The molecule has 9 nitrogen and oxygen atoms in total. The van der Waals surface area contributed by atoms with Gasteiger partial charge in [-0.25, -0.2) is 0 Å². The summed E-state index contributed by atoms with van der Waals surface area (Å²) in [6.45, 7) is 2.45. The van der Waals surface area contributed by atoms with Crippen LogP contribution in [0, 0.1) is 17.8 Å². The Morgan fingerprint density at radius 1 is 1.08 bits per heavy atom. The zero-order chi connectivity index (χ0) is 25.9. The summed E-state index contributed by atoms with van der Waals surface area (Å²) in [4.78, 5) is 43.0. The molecule has 9 heteroatoms. The second kappa shape index (κ2) is 9.05. The van der Waals surface area contributed by atoms with E-state index < -0.39 is 46.7 Å². The molecule has 2 fully saturated rings. The summed E-state index contributed by atoms with van der Waals surface area (Å²) in [5, 5.41) is 33.3. The van der Waals surface area contributed by atoms with Gasteiger partial charge in [0, 0.05) is 17.7 Å². The van der Waals surface area contributed by atoms with Crippen LogP contribution in [0.2, 0.25) is 0 Å². The molecule has 1 amide bonds. The zero-order valence-corrected chi connectivity index (χ0v) is 20.7. The number of allylic oxidation sites excluding steroid dienone is 1. The number of aliphatic hydroxyl groups is 2. The number of aromatic hydroxyl groups is 1. The van der Waals surface area contributed by atoms with E-state index in [9.17, 15) is 29.7 Å². The predicted octanol–water partition coefficient (Wildman–Crippen LogP) is 1.83. The number of primary amides is 1. The molecule has 4 atom stereocenters. The molecular formula is C27H33N3O6. The molecule has 1 saturated heterocycles. The quantitative estimate of drug-likeness (QED) is 0.366. The van der Waals surface area contributed by atoms with Gasteiger partial charge in [0.15, 0.2) is 11.6 Å². The number of carbonyl (C=O) groups is 3. The highest BCUT2D eigenvalue weighted by molar-refractivity contribution is 6.28. The molecule has 3 aliphatic carbocycles. The molecule has 0 spiro atoms. The van der Waals surface area contributed by atoms with E-state index in [2.05, 4.69) is 4.90 Å². The summed E-state index contributed by atoms with van der Waals surface area (Å²) in [5.41, 5.74) is 6.66. The van der Waals surface area contributed by atoms with E-state index in [1.165, 1.54) is 6.42 Å². The van der Waals surface area contributed by atoms with Gasteiger partial charge in [0.05, 0.1) is 17.5 Å². The van der Waals surface area contributed by atoms with Crippen LogP contribution in [0.3, 0.4) is 0 Å². The number of hydrogen-bond donors (Lipinski definition) is 4. The molecule has 1 aromatic rings. The number of nitrogens with two attached hydrogens (primary N) is 1. The molecule has 1 saturated carbocycles. The van der Waals surface area contributed by atoms with Crippen LogP contribution >= 0.6 is 0 Å². The molecule has 36 heavy (non-hydrogen) atoms. The van der Waals surface area contributed by atoms with E-state index in [1.807, 2.05) is 12.1 Å². The SMILES string of the molecule is CN(C)[C@@H]1C(O)=C(C(N)=O)C(=O)C2C(=O)C3=C(O)c4c(ccc(CN5CCCCC5)c4O)C[C@H]3C[C@H]21. The summed E-state index contributed by atoms with van der Waals surface area (Å²) in [6, 6.07) is 3.05. The van der Waals surface area contributed by atoms with E-state index in [-0.39, 0.29) is 28.6 Å². The monoisotopic (exact) mass is 495 g/mol. The first-order chi connectivity index (χ1) is 17.1. The number of nitrogens with zero attached hydrogens (tertiary/aromatic N) is 2. The minimum atomic E-state index is -1.23. The first kappa shape index (κ1) is 24.5. The van der Waals surface area contributed by atoms with Gasteiger partial charge in [-0.05, 0) is 70.3 Å². The highest BCUT2D eigenvalue weighted by Gasteiger charge is 2.55. The number of rotatable bonds is 4. The highest BCUT2D eigenvalue weighted by atomic mass is 16.3. The molecule has 0 bridgehead atoms. The summed E-state index contributed by atoms with van der Waals surface area (Å²) < 4.78 is 0. The third kappa shape index (κ3) is 3.72. The Labute approximate surface area is 209 Å². The fourth-order valence-electron chi connectivity index (χ4n) is 6.77. The topological polar surface area (TPSA) is 144 Å². The summed E-state index contributed by atoms with van der Waals surface area (Å²) in [7, 11) is 3.41. The molecule has 4 aliphatic rings. The molecule has 5 rings (SSSR count). The largest absolute Gasteiger partial charge is 0.510 e. The van der Waals surface area contributed by atoms with Gasteiger partial charge in [0.25, 0.3) is 5.91 Å². The number of likely N-dealkylation sites (N-methyl/N-ethyl adjacent to an activating group) is 1. The summed E-state index contributed by atoms with van der Waals surface area (Å²) >= 11 is 0. The zero-order valence-electron chi connectivity index (χ0n) is 20.7. The number of carbonyl (C=O) groups excluding carboxylic acids is 3. The third-order valence-corrected chi connectivity index (χ3v) is 8.36. The van der Waals surface area contributed by atoms with Gasteiger partial charge in [-0.3, -0.25) is 24.2 Å². The predicted molar refractivity (Wildman–Crippen MR) is 132 cm³/mol.